The Morgan fingerprint density at radius 2 is 2.27 bits per heavy atom. The van der Waals surface area contributed by atoms with Gasteiger partial charge < -0.3 is 0 Å². The van der Waals surface area contributed by atoms with Gasteiger partial charge in [-0.15, -0.1) is 0 Å². The van der Waals surface area contributed by atoms with E-state index in [0.717, 1.165) is 11.3 Å². The van der Waals surface area contributed by atoms with Gasteiger partial charge in [-0.1, -0.05) is 6.07 Å². The number of rotatable bonds is 1. The van der Waals surface area contributed by atoms with E-state index in [4.69, 9.17) is 6.57 Å². The van der Waals surface area contributed by atoms with E-state index < -0.39 is 0 Å². The Balaban J connectivity index is 3.22. The van der Waals surface area contributed by atoms with Crippen molar-refractivity contribution in [1.82, 2.24) is 0 Å². The van der Waals surface area contributed by atoms with Crippen LogP contribution >= 0.6 is 0 Å². The predicted octanol–water partition coefficient (Wildman–Crippen LogP) is 2.91. The van der Waals surface area contributed by atoms with Crippen molar-refractivity contribution in [3.8, 4) is 0 Å². The molecule has 11 heavy (non-hydrogen) atoms. The summed E-state index contributed by atoms with van der Waals surface area (Å²) >= 11 is 4.51. The topological polar surface area (TPSA) is 16.7 Å². The molecule has 0 saturated heterocycles. The predicted molar refractivity (Wildman–Crippen MR) is 46.9 cm³/mol. The summed E-state index contributed by atoms with van der Waals surface area (Å²) in [7, 11) is 0. The summed E-state index contributed by atoms with van der Waals surface area (Å²) in [5.74, 6) is 0. The molecule has 0 aliphatic heterocycles. The molecule has 0 heterocycles. The van der Waals surface area contributed by atoms with Gasteiger partial charge in [0.2, 0.25) is 0 Å². The van der Waals surface area contributed by atoms with Crippen molar-refractivity contribution >= 4 is 23.8 Å². The molecule has 1 rings (SSSR count). The van der Waals surface area contributed by atoms with Gasteiger partial charge in [-0.05, 0) is 24.6 Å². The summed E-state index contributed by atoms with van der Waals surface area (Å²) in [4.78, 5) is 3.32. The lowest BCUT2D eigenvalue weighted by atomic mass is 10.2. The standard InChI is InChI=1S/C8H6N2S/c1-6-5-7(10-11)3-4-8(6)9-2/h3-5H,1H3. The van der Waals surface area contributed by atoms with E-state index in [1.165, 1.54) is 0 Å². The van der Waals surface area contributed by atoms with Crippen molar-refractivity contribution in [3.63, 3.8) is 0 Å². The fourth-order valence-corrected chi connectivity index (χ4v) is 0.935. The molecule has 2 nitrogen and oxygen atoms in total. The Labute approximate surface area is 70.9 Å². The minimum atomic E-state index is 0.660. The smallest absolute Gasteiger partial charge is 0.190 e. The molecule has 0 aliphatic rings. The highest BCUT2D eigenvalue weighted by molar-refractivity contribution is 7.47. The number of hydrogen-bond donors (Lipinski definition) is 0. The van der Waals surface area contributed by atoms with E-state index >= 15 is 0 Å². The second kappa shape index (κ2) is 3.22. The summed E-state index contributed by atoms with van der Waals surface area (Å²) < 4.78 is 3.59. The fourth-order valence-electron chi connectivity index (χ4n) is 0.822. The quantitative estimate of drug-likeness (QED) is 0.580. The molecular weight excluding hydrogens is 156 g/mol. The van der Waals surface area contributed by atoms with Crippen LogP contribution in [0, 0.1) is 13.5 Å². The van der Waals surface area contributed by atoms with E-state index in [1.54, 1.807) is 18.2 Å². The maximum absolute atomic E-state index is 6.78. The lowest BCUT2D eigenvalue weighted by molar-refractivity contribution is 1.46. The van der Waals surface area contributed by atoms with Gasteiger partial charge in [-0.25, -0.2) is 4.85 Å². The Bertz CT molecular complexity index is 325. The molecular formula is C8H6N2S. The maximum Gasteiger partial charge on any atom is 0.190 e. The van der Waals surface area contributed by atoms with Gasteiger partial charge in [-0.3, -0.25) is 0 Å². The normalized spacial score (nSPS) is 8.73. The minimum absolute atomic E-state index is 0.660. The highest BCUT2D eigenvalue weighted by Crippen LogP contribution is 2.23. The third-order valence-electron chi connectivity index (χ3n) is 1.41. The molecule has 0 aliphatic carbocycles. The van der Waals surface area contributed by atoms with Gasteiger partial charge in [0.05, 0.1) is 12.3 Å². The van der Waals surface area contributed by atoms with Crippen molar-refractivity contribution in [3.05, 3.63) is 35.2 Å². The van der Waals surface area contributed by atoms with Crippen LogP contribution in [0.2, 0.25) is 0 Å². The van der Waals surface area contributed by atoms with Gasteiger partial charge in [0, 0.05) is 12.4 Å². The van der Waals surface area contributed by atoms with Gasteiger partial charge in [0.15, 0.2) is 5.69 Å². The zero-order chi connectivity index (χ0) is 8.27. The van der Waals surface area contributed by atoms with Crippen LogP contribution in [0.4, 0.5) is 11.4 Å². The molecule has 0 unspecified atom stereocenters. The molecule has 0 fully saturated rings. The first kappa shape index (κ1) is 7.83. The van der Waals surface area contributed by atoms with E-state index in [0.29, 0.717) is 5.69 Å². The monoisotopic (exact) mass is 162 g/mol. The third kappa shape index (κ3) is 1.60. The molecule has 0 radical (unpaired) electrons. The molecule has 1 aromatic carbocycles. The van der Waals surface area contributed by atoms with E-state index in [1.807, 2.05) is 6.92 Å². The van der Waals surface area contributed by atoms with E-state index in [-0.39, 0.29) is 0 Å². The minimum Gasteiger partial charge on any atom is -0.238 e. The third-order valence-corrected chi connectivity index (χ3v) is 1.62. The number of aryl methyl sites for hydroxylation is 1. The van der Waals surface area contributed by atoms with Crippen LogP contribution in [0.15, 0.2) is 22.6 Å². The van der Waals surface area contributed by atoms with E-state index in [2.05, 4.69) is 21.6 Å². The largest absolute Gasteiger partial charge is 0.238 e. The summed E-state index contributed by atoms with van der Waals surface area (Å²) in [5, 5.41) is 0. The van der Waals surface area contributed by atoms with Crippen molar-refractivity contribution in [2.24, 2.45) is 4.36 Å². The molecule has 0 amide bonds. The van der Waals surface area contributed by atoms with E-state index in [9.17, 15) is 0 Å². The molecule has 0 atom stereocenters. The van der Waals surface area contributed by atoms with Crippen LogP contribution in [0.1, 0.15) is 5.56 Å². The summed E-state index contributed by atoms with van der Waals surface area (Å²) in [6, 6.07) is 5.28. The molecule has 1 aromatic rings. The average molecular weight is 162 g/mol. The molecule has 0 saturated carbocycles. The molecule has 0 bridgehead atoms. The zero-order valence-electron chi connectivity index (χ0n) is 6.03. The van der Waals surface area contributed by atoms with Crippen molar-refractivity contribution in [2.45, 2.75) is 6.92 Å². The molecule has 54 valence electrons. The molecule has 0 spiro atoms. The van der Waals surface area contributed by atoms with Crippen molar-refractivity contribution in [2.75, 3.05) is 0 Å². The highest BCUT2D eigenvalue weighted by atomic mass is 32.1. The summed E-state index contributed by atoms with van der Waals surface area (Å²) in [6.07, 6.45) is 0. The highest BCUT2D eigenvalue weighted by Gasteiger charge is 1.96. The number of hydrogen-bond acceptors (Lipinski definition) is 2. The first-order valence-electron chi connectivity index (χ1n) is 3.09. The SMILES string of the molecule is [C-]#[N+]c1ccc(N=S)cc1C. The molecule has 3 heteroatoms. The fraction of sp³-hybridized carbons (Fsp3) is 0.125. The zero-order valence-corrected chi connectivity index (χ0v) is 6.85. The Morgan fingerprint density at radius 1 is 1.55 bits per heavy atom. The van der Waals surface area contributed by atoms with Crippen LogP contribution in [-0.4, -0.2) is 0 Å². The Morgan fingerprint density at radius 3 is 2.73 bits per heavy atom. The molecule has 0 N–H and O–H groups in total. The van der Waals surface area contributed by atoms with Crippen molar-refractivity contribution < 1.29 is 0 Å². The van der Waals surface area contributed by atoms with Crippen LogP contribution in [-0.2, 0) is 12.4 Å². The van der Waals surface area contributed by atoms with Gasteiger partial charge in [0.25, 0.3) is 0 Å². The van der Waals surface area contributed by atoms with Gasteiger partial charge in [0.1, 0.15) is 0 Å². The average Bonchev–Trinajstić information content (AvgIpc) is 2.04. The van der Waals surface area contributed by atoms with Gasteiger partial charge in [-0.2, -0.15) is 4.36 Å². The lowest BCUT2D eigenvalue weighted by Crippen LogP contribution is -1.70. The lowest BCUT2D eigenvalue weighted by Gasteiger charge is -1.95. The summed E-state index contributed by atoms with van der Waals surface area (Å²) in [6.45, 7) is 8.65. The van der Waals surface area contributed by atoms with Crippen LogP contribution in [0.5, 0.6) is 0 Å². The first-order chi connectivity index (χ1) is 5.27. The Hall–Kier alpha value is -1.27. The Kier molecular flexibility index (Phi) is 2.29. The van der Waals surface area contributed by atoms with Gasteiger partial charge >= 0.3 is 0 Å². The molecule has 0 aromatic heterocycles. The van der Waals surface area contributed by atoms with Crippen LogP contribution in [0.3, 0.4) is 0 Å². The first-order valence-corrected chi connectivity index (χ1v) is 3.46. The second-order valence-electron chi connectivity index (χ2n) is 2.17. The maximum atomic E-state index is 6.78. The summed E-state index contributed by atoms with van der Waals surface area (Å²) in [5.41, 5.74) is 2.32. The number of nitrogens with zero attached hydrogens (tertiary/aromatic N) is 2. The van der Waals surface area contributed by atoms with Crippen molar-refractivity contribution in [1.29, 1.82) is 0 Å². The second-order valence-corrected chi connectivity index (χ2v) is 2.36. The van der Waals surface area contributed by atoms with Crippen LogP contribution < -0.4 is 0 Å². The van der Waals surface area contributed by atoms with Crippen LogP contribution in [0.25, 0.3) is 4.85 Å². The number of benzene rings is 1.